The maximum Gasteiger partial charge on any atom is 0.315 e. The molecule has 0 radical (unpaired) electrons. The Labute approximate surface area is 180 Å². The molecule has 32 heavy (non-hydrogen) atoms. The van der Waals surface area contributed by atoms with E-state index in [1.807, 2.05) is 0 Å². The summed E-state index contributed by atoms with van der Waals surface area (Å²) in [5.74, 6) is -1.58. The predicted octanol–water partition coefficient (Wildman–Crippen LogP) is 0.882. The molecule has 12 heteroatoms. The molecule has 3 aromatic heterocycles. The van der Waals surface area contributed by atoms with Gasteiger partial charge in [-0.1, -0.05) is 23.4 Å². The number of carbonyl (C=O) groups excluding carboxylic acids is 3. The number of aromatic nitrogens is 5. The molecule has 0 aliphatic rings. The third kappa shape index (κ3) is 3.88. The first-order chi connectivity index (χ1) is 15.4. The van der Waals surface area contributed by atoms with Gasteiger partial charge in [-0.3, -0.25) is 19.1 Å². The van der Waals surface area contributed by atoms with Crippen LogP contribution in [-0.2, 0) is 6.54 Å². The van der Waals surface area contributed by atoms with E-state index in [1.165, 1.54) is 19.3 Å². The molecule has 4 aromatic rings. The average molecular weight is 434 g/mol. The van der Waals surface area contributed by atoms with Gasteiger partial charge >= 0.3 is 11.8 Å². The van der Waals surface area contributed by atoms with Gasteiger partial charge < -0.3 is 20.9 Å². The van der Waals surface area contributed by atoms with E-state index in [9.17, 15) is 14.4 Å². The van der Waals surface area contributed by atoms with Crippen molar-refractivity contribution in [2.24, 2.45) is 5.73 Å². The lowest BCUT2D eigenvalue weighted by Gasteiger charge is -2.09. The number of hydrogen-bond donors (Lipinski definition) is 3. The lowest BCUT2D eigenvalue weighted by Crippen LogP contribution is -2.18. The zero-order chi connectivity index (χ0) is 22.8. The zero-order valence-corrected chi connectivity index (χ0v) is 17.1. The molecule has 0 aliphatic heterocycles. The van der Waals surface area contributed by atoms with E-state index in [4.69, 9.17) is 10.3 Å². The van der Waals surface area contributed by atoms with Gasteiger partial charge in [0.2, 0.25) is 0 Å². The molecule has 0 atom stereocenters. The molecule has 3 amide bonds. The summed E-state index contributed by atoms with van der Waals surface area (Å²) in [4.78, 5) is 44.4. The molecule has 0 saturated heterocycles. The monoisotopic (exact) mass is 434 g/mol. The SMILES string of the molecule is CNC(=O)c1nc(Cn2ncc(NC(=O)c3cc(C(N)=O)nc4ccccc34)c2C)no1. The first-order valence-corrected chi connectivity index (χ1v) is 9.45. The largest absolute Gasteiger partial charge is 0.364 e. The number of amides is 3. The van der Waals surface area contributed by atoms with Crippen LogP contribution >= 0.6 is 0 Å². The molecule has 0 spiro atoms. The molecule has 1 aromatic carbocycles. The molecule has 0 unspecified atom stereocenters. The Morgan fingerprint density at radius 3 is 2.69 bits per heavy atom. The summed E-state index contributed by atoms with van der Waals surface area (Å²) >= 11 is 0. The predicted molar refractivity (Wildman–Crippen MR) is 112 cm³/mol. The fraction of sp³-hybridized carbons (Fsp3) is 0.150. The van der Waals surface area contributed by atoms with Crippen molar-refractivity contribution in [2.75, 3.05) is 12.4 Å². The third-order valence-corrected chi connectivity index (χ3v) is 4.75. The van der Waals surface area contributed by atoms with Crippen LogP contribution in [0.5, 0.6) is 0 Å². The lowest BCUT2D eigenvalue weighted by molar-refractivity contribution is 0.0918. The van der Waals surface area contributed by atoms with Crippen LogP contribution in [0.4, 0.5) is 5.69 Å². The van der Waals surface area contributed by atoms with Crippen LogP contribution in [0.3, 0.4) is 0 Å². The highest BCUT2D eigenvalue weighted by atomic mass is 16.5. The lowest BCUT2D eigenvalue weighted by atomic mass is 10.1. The van der Waals surface area contributed by atoms with Gasteiger partial charge in [0.05, 0.1) is 28.7 Å². The van der Waals surface area contributed by atoms with Crippen molar-refractivity contribution in [1.82, 2.24) is 30.2 Å². The molecule has 3 heterocycles. The van der Waals surface area contributed by atoms with Gasteiger partial charge in [-0.05, 0) is 19.1 Å². The number of para-hydroxylation sites is 1. The van der Waals surface area contributed by atoms with E-state index in [0.717, 1.165) is 0 Å². The summed E-state index contributed by atoms with van der Waals surface area (Å²) < 4.78 is 6.45. The van der Waals surface area contributed by atoms with Crippen LogP contribution in [0.2, 0.25) is 0 Å². The van der Waals surface area contributed by atoms with E-state index in [2.05, 4.69) is 30.9 Å². The minimum absolute atomic E-state index is 0.00899. The number of benzene rings is 1. The molecule has 0 aliphatic carbocycles. The van der Waals surface area contributed by atoms with E-state index in [0.29, 0.717) is 22.3 Å². The highest BCUT2D eigenvalue weighted by Gasteiger charge is 2.19. The van der Waals surface area contributed by atoms with E-state index < -0.39 is 17.7 Å². The molecule has 162 valence electrons. The minimum Gasteiger partial charge on any atom is -0.364 e. The van der Waals surface area contributed by atoms with Gasteiger partial charge in [-0.25, -0.2) is 4.98 Å². The Bertz CT molecular complexity index is 1360. The van der Waals surface area contributed by atoms with Gasteiger partial charge in [0.15, 0.2) is 5.82 Å². The van der Waals surface area contributed by atoms with Gasteiger partial charge in [0.1, 0.15) is 12.2 Å². The second-order valence-corrected chi connectivity index (χ2v) is 6.79. The Balaban J connectivity index is 1.59. The third-order valence-electron chi connectivity index (χ3n) is 4.75. The van der Waals surface area contributed by atoms with E-state index in [1.54, 1.807) is 35.9 Å². The molecule has 4 N–H and O–H groups in total. The van der Waals surface area contributed by atoms with Gasteiger partial charge in [-0.15, -0.1) is 0 Å². The number of nitrogens with one attached hydrogen (secondary N) is 2. The van der Waals surface area contributed by atoms with E-state index >= 15 is 0 Å². The smallest absolute Gasteiger partial charge is 0.315 e. The van der Waals surface area contributed by atoms with Crippen molar-refractivity contribution in [1.29, 1.82) is 0 Å². The van der Waals surface area contributed by atoms with Crippen LogP contribution in [0.25, 0.3) is 10.9 Å². The van der Waals surface area contributed by atoms with Gasteiger partial charge in [0, 0.05) is 12.4 Å². The molecule has 0 saturated carbocycles. The Morgan fingerprint density at radius 1 is 1.16 bits per heavy atom. The number of nitrogens with two attached hydrogens (primary N) is 1. The first kappa shape index (κ1) is 20.7. The summed E-state index contributed by atoms with van der Waals surface area (Å²) in [5.41, 5.74) is 7.16. The summed E-state index contributed by atoms with van der Waals surface area (Å²) in [6, 6.07) is 8.31. The molecule has 4 rings (SSSR count). The number of pyridine rings is 1. The van der Waals surface area contributed by atoms with Crippen molar-refractivity contribution in [3.63, 3.8) is 0 Å². The first-order valence-electron chi connectivity index (χ1n) is 9.45. The van der Waals surface area contributed by atoms with E-state index in [-0.39, 0.29) is 29.5 Å². The van der Waals surface area contributed by atoms with Gasteiger partial charge in [-0.2, -0.15) is 10.1 Å². The molecule has 12 nitrogen and oxygen atoms in total. The zero-order valence-electron chi connectivity index (χ0n) is 17.1. The van der Waals surface area contributed by atoms with Crippen LogP contribution in [0, 0.1) is 6.92 Å². The number of carbonyl (C=O) groups is 3. The number of fused-ring (bicyclic) bond motifs is 1. The Hall–Kier alpha value is -4.61. The summed E-state index contributed by atoms with van der Waals surface area (Å²) in [7, 11) is 1.46. The number of anilines is 1. The van der Waals surface area contributed by atoms with Crippen LogP contribution in [-0.4, -0.2) is 49.7 Å². The molecule has 0 bridgehead atoms. The second-order valence-electron chi connectivity index (χ2n) is 6.79. The van der Waals surface area contributed by atoms with Crippen LogP contribution in [0.15, 0.2) is 41.1 Å². The van der Waals surface area contributed by atoms with Crippen molar-refractivity contribution < 1.29 is 18.9 Å². The molecular formula is C20H18N8O4. The van der Waals surface area contributed by atoms with Crippen molar-refractivity contribution in [3.8, 4) is 0 Å². The normalized spacial score (nSPS) is 10.8. The topological polar surface area (TPSA) is 171 Å². The standard InChI is InChI=1S/C20H18N8O4/c1-10-15(8-23-28(10)9-16-26-20(32-27-16)19(31)22-2)25-18(30)12-7-14(17(21)29)24-13-6-4-3-5-11(12)13/h3-8H,9H2,1-2H3,(H2,21,29)(H,22,31)(H,25,30). The highest BCUT2D eigenvalue weighted by Crippen LogP contribution is 2.21. The highest BCUT2D eigenvalue weighted by molar-refractivity contribution is 6.13. The van der Waals surface area contributed by atoms with Gasteiger partial charge in [0.25, 0.3) is 11.8 Å². The average Bonchev–Trinajstić information content (AvgIpc) is 3.40. The fourth-order valence-corrected chi connectivity index (χ4v) is 3.06. The van der Waals surface area contributed by atoms with Crippen LogP contribution in [0.1, 0.15) is 43.1 Å². The second kappa shape index (κ2) is 8.26. The Morgan fingerprint density at radius 2 is 1.94 bits per heavy atom. The summed E-state index contributed by atoms with van der Waals surface area (Å²) in [6.45, 7) is 1.88. The molecular weight excluding hydrogens is 416 g/mol. The Kier molecular flexibility index (Phi) is 5.33. The fourth-order valence-electron chi connectivity index (χ4n) is 3.06. The maximum atomic E-state index is 13.0. The number of rotatable bonds is 6. The van der Waals surface area contributed by atoms with Crippen molar-refractivity contribution in [3.05, 3.63) is 65.2 Å². The summed E-state index contributed by atoms with van der Waals surface area (Å²) in [6.07, 6.45) is 1.48. The van der Waals surface area contributed by atoms with Crippen molar-refractivity contribution >= 4 is 34.3 Å². The molecule has 0 fully saturated rings. The number of hydrogen-bond acceptors (Lipinski definition) is 8. The minimum atomic E-state index is -0.731. The quantitative estimate of drug-likeness (QED) is 0.401. The van der Waals surface area contributed by atoms with Crippen LogP contribution < -0.4 is 16.4 Å². The number of primary amides is 1. The number of nitrogens with zero attached hydrogens (tertiary/aromatic N) is 5. The summed E-state index contributed by atoms with van der Waals surface area (Å²) in [5, 5.41) is 13.8. The maximum absolute atomic E-state index is 13.0. The van der Waals surface area contributed by atoms with Crippen molar-refractivity contribution in [2.45, 2.75) is 13.5 Å².